The zero-order valence-corrected chi connectivity index (χ0v) is 23.2. The zero-order valence-electron chi connectivity index (χ0n) is 23.2. The van der Waals surface area contributed by atoms with Gasteiger partial charge in [-0.1, -0.05) is 68.5 Å². The lowest BCUT2D eigenvalue weighted by Crippen LogP contribution is -2.35. The van der Waals surface area contributed by atoms with Gasteiger partial charge in [0.1, 0.15) is 23.0 Å². The van der Waals surface area contributed by atoms with Gasteiger partial charge in [-0.2, -0.15) is 0 Å². The Hall–Kier alpha value is -3.92. The first-order valence-corrected chi connectivity index (χ1v) is 14.9. The number of hydrogen-bond acceptors (Lipinski definition) is 4. The van der Waals surface area contributed by atoms with E-state index in [4.69, 9.17) is 20.9 Å². The van der Waals surface area contributed by atoms with Crippen LogP contribution in [0.25, 0.3) is 0 Å². The second-order valence-electron chi connectivity index (χ2n) is 11.7. The molecule has 0 unspecified atom stereocenters. The topological polar surface area (TPSA) is 70.5 Å². The molecule has 6 rings (SSSR count). The minimum atomic E-state index is -0.0173. The Morgan fingerprint density at radius 1 is 0.500 bits per heavy atom. The molecule has 2 fully saturated rings. The van der Waals surface area contributed by atoms with E-state index < -0.39 is 0 Å². The Morgan fingerprint density at radius 3 is 1.40 bits per heavy atom. The summed E-state index contributed by atoms with van der Waals surface area (Å²) in [5, 5.41) is 0. The first-order valence-electron chi connectivity index (χ1n) is 14.9. The summed E-state index contributed by atoms with van der Waals surface area (Å²) >= 11 is 0. The second-order valence-corrected chi connectivity index (χ2v) is 11.7. The summed E-state index contributed by atoms with van der Waals surface area (Å²) in [7, 11) is 0. The standard InChI is InChI=1S/C36H40N2O2/c37-30-8-4-10-34(24-30)39-32-16-12-28(13-17-32)36(22-20-27(21-23-36)26-6-2-1-3-7-26)29-14-18-33(19-15-29)40-35-11-5-9-31(38)25-35/h4-5,8-19,24-27H,1-3,6-7,20-23,37-38H2. The third-order valence-corrected chi connectivity index (χ3v) is 9.20. The molecular weight excluding hydrogens is 492 g/mol. The van der Waals surface area contributed by atoms with Crippen LogP contribution in [-0.4, -0.2) is 0 Å². The highest BCUT2D eigenvalue weighted by atomic mass is 16.5. The molecule has 0 atom stereocenters. The fraction of sp³-hybridized carbons (Fsp3) is 0.333. The lowest BCUT2D eigenvalue weighted by molar-refractivity contribution is 0.163. The molecule has 0 radical (unpaired) electrons. The Labute approximate surface area is 238 Å². The summed E-state index contributed by atoms with van der Waals surface area (Å²) < 4.78 is 12.2. The van der Waals surface area contributed by atoms with Gasteiger partial charge in [-0.05, 0) is 97.2 Å². The third-order valence-electron chi connectivity index (χ3n) is 9.20. The molecule has 4 nitrogen and oxygen atoms in total. The number of hydrogen-bond donors (Lipinski definition) is 2. The number of nitrogens with two attached hydrogens (primary N) is 2. The molecule has 0 aromatic heterocycles. The first kappa shape index (κ1) is 26.3. The molecule has 2 aliphatic rings. The maximum Gasteiger partial charge on any atom is 0.129 e. The van der Waals surface area contributed by atoms with Crippen LogP contribution in [-0.2, 0) is 5.41 Å². The van der Waals surface area contributed by atoms with E-state index in [9.17, 15) is 0 Å². The molecule has 4 aromatic carbocycles. The van der Waals surface area contributed by atoms with Crippen LogP contribution >= 0.6 is 0 Å². The van der Waals surface area contributed by atoms with Crippen molar-refractivity contribution in [3.63, 3.8) is 0 Å². The molecule has 2 aliphatic carbocycles. The molecular formula is C36H40N2O2. The monoisotopic (exact) mass is 532 g/mol. The van der Waals surface area contributed by atoms with E-state index in [1.165, 1.54) is 68.9 Å². The fourth-order valence-electron chi connectivity index (χ4n) is 7.07. The first-order chi connectivity index (χ1) is 19.6. The summed E-state index contributed by atoms with van der Waals surface area (Å²) in [4.78, 5) is 0. The van der Waals surface area contributed by atoms with Gasteiger partial charge in [0.05, 0.1) is 0 Å². The number of nitrogen functional groups attached to an aromatic ring is 2. The molecule has 0 aliphatic heterocycles. The lowest BCUT2D eigenvalue weighted by atomic mass is 9.60. The molecule has 4 aromatic rings. The minimum absolute atomic E-state index is 0.0173. The average molecular weight is 533 g/mol. The van der Waals surface area contributed by atoms with E-state index in [1.54, 1.807) is 0 Å². The largest absolute Gasteiger partial charge is 0.457 e. The Kier molecular flexibility index (Phi) is 7.68. The molecule has 0 saturated heterocycles. The van der Waals surface area contributed by atoms with E-state index >= 15 is 0 Å². The van der Waals surface area contributed by atoms with E-state index in [0.29, 0.717) is 11.4 Å². The smallest absolute Gasteiger partial charge is 0.129 e. The van der Waals surface area contributed by atoms with Gasteiger partial charge in [-0.25, -0.2) is 0 Å². The SMILES string of the molecule is Nc1cccc(Oc2ccc(C3(c4ccc(Oc5cccc(N)c5)cc4)CCC(C4CCCCC4)CC3)cc2)c1. The van der Waals surface area contributed by atoms with Gasteiger partial charge in [0.2, 0.25) is 0 Å². The fourth-order valence-corrected chi connectivity index (χ4v) is 7.07. The zero-order chi connectivity index (χ0) is 27.4. The van der Waals surface area contributed by atoms with Crippen molar-refractivity contribution in [3.05, 3.63) is 108 Å². The molecule has 0 spiro atoms. The van der Waals surface area contributed by atoms with Crippen LogP contribution in [0.15, 0.2) is 97.1 Å². The van der Waals surface area contributed by atoms with Crippen molar-refractivity contribution >= 4 is 11.4 Å². The predicted molar refractivity (Wildman–Crippen MR) is 164 cm³/mol. The van der Waals surface area contributed by atoms with Crippen LogP contribution in [0.5, 0.6) is 23.0 Å². The summed E-state index contributed by atoms with van der Waals surface area (Å²) in [6, 6.07) is 32.6. The van der Waals surface area contributed by atoms with Gasteiger partial charge in [0.15, 0.2) is 0 Å². The van der Waals surface area contributed by atoms with Gasteiger partial charge in [-0.3, -0.25) is 0 Å². The number of ether oxygens (including phenoxy) is 2. The highest BCUT2D eigenvalue weighted by Gasteiger charge is 2.40. The van der Waals surface area contributed by atoms with Crippen molar-refractivity contribution < 1.29 is 9.47 Å². The molecule has 206 valence electrons. The average Bonchev–Trinajstić information content (AvgIpc) is 2.99. The summed E-state index contributed by atoms with van der Waals surface area (Å²) in [6.45, 7) is 0. The normalized spacial score (nSPS) is 17.8. The summed E-state index contributed by atoms with van der Waals surface area (Å²) in [5.41, 5.74) is 16.0. The number of benzene rings is 4. The van der Waals surface area contributed by atoms with Crippen molar-refractivity contribution in [2.24, 2.45) is 11.8 Å². The maximum absolute atomic E-state index is 6.11. The Balaban J connectivity index is 1.26. The van der Waals surface area contributed by atoms with Crippen molar-refractivity contribution in [2.45, 2.75) is 63.2 Å². The van der Waals surface area contributed by atoms with Crippen molar-refractivity contribution in [3.8, 4) is 23.0 Å². The van der Waals surface area contributed by atoms with Crippen LogP contribution in [0.3, 0.4) is 0 Å². The van der Waals surface area contributed by atoms with Crippen LogP contribution in [0.1, 0.15) is 68.9 Å². The van der Waals surface area contributed by atoms with Crippen LogP contribution in [0, 0.1) is 11.8 Å². The van der Waals surface area contributed by atoms with Crippen LogP contribution in [0.4, 0.5) is 11.4 Å². The number of anilines is 2. The molecule has 40 heavy (non-hydrogen) atoms. The van der Waals surface area contributed by atoms with Crippen molar-refractivity contribution in [2.75, 3.05) is 11.5 Å². The Bertz CT molecular complexity index is 1310. The number of rotatable bonds is 7. The second kappa shape index (κ2) is 11.7. The van der Waals surface area contributed by atoms with Gasteiger partial charge < -0.3 is 20.9 Å². The summed E-state index contributed by atoms with van der Waals surface area (Å²) in [6.07, 6.45) is 12.0. The van der Waals surface area contributed by atoms with Crippen LogP contribution in [0.2, 0.25) is 0 Å². The van der Waals surface area contributed by atoms with Crippen molar-refractivity contribution in [1.82, 2.24) is 0 Å². The lowest BCUT2D eigenvalue weighted by Gasteiger charge is -2.44. The molecule has 2 saturated carbocycles. The highest BCUT2D eigenvalue weighted by molar-refractivity contribution is 5.48. The molecule has 0 bridgehead atoms. The predicted octanol–water partition coefficient (Wildman–Crippen LogP) is 9.49. The van der Waals surface area contributed by atoms with E-state index in [0.717, 1.165) is 34.8 Å². The molecule has 0 amide bonds. The minimum Gasteiger partial charge on any atom is -0.457 e. The van der Waals surface area contributed by atoms with Gasteiger partial charge in [0, 0.05) is 28.9 Å². The Morgan fingerprint density at radius 2 is 0.950 bits per heavy atom. The quantitative estimate of drug-likeness (QED) is 0.233. The molecule has 4 heteroatoms. The maximum atomic E-state index is 6.11. The highest BCUT2D eigenvalue weighted by Crippen LogP contribution is 2.50. The van der Waals surface area contributed by atoms with E-state index in [-0.39, 0.29) is 5.41 Å². The van der Waals surface area contributed by atoms with E-state index in [1.807, 2.05) is 48.5 Å². The van der Waals surface area contributed by atoms with Crippen LogP contribution < -0.4 is 20.9 Å². The summed E-state index contributed by atoms with van der Waals surface area (Å²) in [5.74, 6) is 4.93. The van der Waals surface area contributed by atoms with Gasteiger partial charge in [-0.15, -0.1) is 0 Å². The molecule has 4 N–H and O–H groups in total. The van der Waals surface area contributed by atoms with Gasteiger partial charge in [0.25, 0.3) is 0 Å². The van der Waals surface area contributed by atoms with Crippen molar-refractivity contribution in [1.29, 1.82) is 0 Å². The van der Waals surface area contributed by atoms with Gasteiger partial charge >= 0.3 is 0 Å². The molecule has 0 heterocycles. The third kappa shape index (κ3) is 5.82. The van der Waals surface area contributed by atoms with E-state index in [2.05, 4.69) is 48.5 Å².